The normalized spacial score (nSPS) is 23.0. The van der Waals surface area contributed by atoms with Crippen molar-refractivity contribution in [2.45, 2.75) is 17.4 Å². The van der Waals surface area contributed by atoms with Crippen molar-refractivity contribution in [3.05, 3.63) is 18.5 Å². The van der Waals surface area contributed by atoms with E-state index in [1.165, 1.54) is 12.3 Å². The lowest BCUT2D eigenvalue weighted by Gasteiger charge is -2.33. The summed E-state index contributed by atoms with van der Waals surface area (Å²) in [6.45, 7) is -0.225. The molecule has 21 heavy (non-hydrogen) atoms. The summed E-state index contributed by atoms with van der Waals surface area (Å²) in [5.41, 5.74) is 0. The molecule has 2 rings (SSSR count). The molecule has 0 spiro atoms. The van der Waals surface area contributed by atoms with E-state index in [4.69, 9.17) is 5.11 Å². The number of carbonyl (C=O) groups is 1. The molecule has 1 aromatic heterocycles. The molecule has 1 aliphatic heterocycles. The van der Waals surface area contributed by atoms with Gasteiger partial charge in [-0.1, -0.05) is 0 Å². The molecule has 0 amide bonds. The van der Waals surface area contributed by atoms with E-state index in [1.54, 1.807) is 17.8 Å². The molecule has 8 nitrogen and oxygen atoms in total. The highest BCUT2D eigenvalue weighted by Gasteiger charge is 2.40. The molecule has 0 aromatic carbocycles. The number of aryl methyl sites for hydroxylation is 1. The van der Waals surface area contributed by atoms with Crippen LogP contribution in [0.3, 0.4) is 0 Å². The molecule has 1 aliphatic rings. The van der Waals surface area contributed by atoms with Crippen LogP contribution >= 0.6 is 0 Å². The molecule has 0 saturated carbocycles. The van der Waals surface area contributed by atoms with Gasteiger partial charge >= 0.3 is 5.97 Å². The maximum Gasteiger partial charge on any atom is 0.305 e. The van der Waals surface area contributed by atoms with Crippen molar-refractivity contribution in [3.8, 4) is 0 Å². The Morgan fingerprint density at radius 1 is 1.48 bits per heavy atom. The molecule has 0 radical (unpaired) electrons. The molecule has 1 unspecified atom stereocenters. The van der Waals surface area contributed by atoms with Crippen LogP contribution in [-0.2, 0) is 31.7 Å². The Balaban J connectivity index is 2.37. The van der Waals surface area contributed by atoms with Gasteiger partial charge in [-0.15, -0.1) is 0 Å². The standard InChI is InChI=1S/C11H16N2O6S2/c1-12-3-2-10(7-12)21(18,19)13-4-5-20(16,17)8-9(13)6-11(14)15/h2-3,7,9H,4-6,8H2,1H3,(H,14,15). The maximum atomic E-state index is 12.5. The molecule has 0 bridgehead atoms. The highest BCUT2D eigenvalue weighted by Crippen LogP contribution is 2.24. The Bertz CT molecular complexity index is 749. The largest absolute Gasteiger partial charge is 0.481 e. The van der Waals surface area contributed by atoms with Gasteiger partial charge in [0.1, 0.15) is 0 Å². The number of aliphatic carboxylic acids is 1. The van der Waals surface area contributed by atoms with Crippen LogP contribution in [0.25, 0.3) is 0 Å². The fourth-order valence-electron chi connectivity index (χ4n) is 2.32. The molecule has 10 heteroatoms. The Labute approximate surface area is 123 Å². The summed E-state index contributed by atoms with van der Waals surface area (Å²) in [4.78, 5) is 10.9. The summed E-state index contributed by atoms with van der Waals surface area (Å²) < 4.78 is 50.9. The highest BCUT2D eigenvalue weighted by molar-refractivity contribution is 7.92. The second-order valence-electron chi connectivity index (χ2n) is 4.99. The van der Waals surface area contributed by atoms with Gasteiger partial charge in [0.15, 0.2) is 9.84 Å². The smallest absolute Gasteiger partial charge is 0.305 e. The number of nitrogens with zero attached hydrogens (tertiary/aromatic N) is 2. The van der Waals surface area contributed by atoms with Crippen molar-refractivity contribution in [3.63, 3.8) is 0 Å². The van der Waals surface area contributed by atoms with Gasteiger partial charge < -0.3 is 9.67 Å². The van der Waals surface area contributed by atoms with Gasteiger partial charge in [-0.3, -0.25) is 4.79 Å². The number of carboxylic acid groups (broad SMARTS) is 1. The lowest BCUT2D eigenvalue weighted by atomic mass is 10.2. The Morgan fingerprint density at radius 3 is 2.67 bits per heavy atom. The third-order valence-electron chi connectivity index (χ3n) is 3.30. The summed E-state index contributed by atoms with van der Waals surface area (Å²) >= 11 is 0. The lowest BCUT2D eigenvalue weighted by molar-refractivity contribution is -0.137. The van der Waals surface area contributed by atoms with E-state index >= 15 is 0 Å². The SMILES string of the molecule is Cn1ccc(S(=O)(=O)N2CCS(=O)(=O)CC2CC(=O)O)c1. The Hall–Kier alpha value is -1.39. The molecule has 1 saturated heterocycles. The van der Waals surface area contributed by atoms with E-state index in [9.17, 15) is 21.6 Å². The molecule has 118 valence electrons. The minimum atomic E-state index is -3.90. The summed E-state index contributed by atoms with van der Waals surface area (Å²) in [6.07, 6.45) is 2.42. The van der Waals surface area contributed by atoms with E-state index < -0.39 is 44.0 Å². The van der Waals surface area contributed by atoms with Crippen LogP contribution in [0.15, 0.2) is 23.4 Å². The summed E-state index contributed by atoms with van der Waals surface area (Å²) in [7, 11) is -5.66. The zero-order valence-electron chi connectivity index (χ0n) is 11.3. The zero-order valence-corrected chi connectivity index (χ0v) is 13.0. The van der Waals surface area contributed by atoms with Crippen LogP contribution in [0.1, 0.15) is 6.42 Å². The average molecular weight is 336 g/mol. The van der Waals surface area contributed by atoms with E-state index in [2.05, 4.69) is 0 Å². The predicted molar refractivity (Wildman–Crippen MR) is 74.0 cm³/mol. The van der Waals surface area contributed by atoms with E-state index in [1.807, 2.05) is 0 Å². The Kier molecular flexibility index (Phi) is 4.13. The van der Waals surface area contributed by atoms with E-state index in [-0.39, 0.29) is 17.2 Å². The second-order valence-corrected chi connectivity index (χ2v) is 9.11. The third-order valence-corrected chi connectivity index (χ3v) is 6.93. The first kappa shape index (κ1) is 16.0. The summed E-state index contributed by atoms with van der Waals surface area (Å²) in [5, 5.41) is 8.87. The van der Waals surface area contributed by atoms with Crippen LogP contribution < -0.4 is 0 Å². The van der Waals surface area contributed by atoms with E-state index in [0.717, 1.165) is 4.31 Å². The number of hydrogen-bond acceptors (Lipinski definition) is 5. The van der Waals surface area contributed by atoms with Gasteiger partial charge in [0.2, 0.25) is 10.0 Å². The number of sulfonamides is 1. The fourth-order valence-corrected chi connectivity index (χ4v) is 5.73. The fraction of sp³-hybridized carbons (Fsp3) is 0.545. The van der Waals surface area contributed by atoms with Gasteiger partial charge in [-0.25, -0.2) is 16.8 Å². The van der Waals surface area contributed by atoms with Crippen LogP contribution in [0.5, 0.6) is 0 Å². The number of sulfone groups is 1. The first-order chi connectivity index (χ1) is 9.62. The molecule has 1 N–H and O–H groups in total. The minimum absolute atomic E-state index is 0.0275. The summed E-state index contributed by atoms with van der Waals surface area (Å²) in [6, 6.07) is 0.322. The van der Waals surface area contributed by atoms with Crippen LogP contribution in [0, 0.1) is 0 Å². The Morgan fingerprint density at radius 2 is 2.14 bits per heavy atom. The molecular formula is C11H16N2O6S2. The van der Waals surface area contributed by atoms with Gasteiger partial charge in [-0.05, 0) is 6.07 Å². The average Bonchev–Trinajstić information content (AvgIpc) is 2.74. The molecule has 1 aromatic rings. The van der Waals surface area contributed by atoms with Gasteiger partial charge in [0, 0.05) is 32.0 Å². The predicted octanol–water partition coefficient (Wildman–Crippen LogP) is -0.712. The second kappa shape index (κ2) is 5.43. The lowest BCUT2D eigenvalue weighted by Crippen LogP contribution is -2.51. The number of aromatic nitrogens is 1. The first-order valence-electron chi connectivity index (χ1n) is 6.18. The van der Waals surface area contributed by atoms with Gasteiger partial charge in [-0.2, -0.15) is 4.31 Å². The van der Waals surface area contributed by atoms with Gasteiger partial charge in [0.25, 0.3) is 0 Å². The van der Waals surface area contributed by atoms with Crippen molar-refractivity contribution < 1.29 is 26.7 Å². The minimum Gasteiger partial charge on any atom is -0.481 e. The van der Waals surface area contributed by atoms with E-state index in [0.29, 0.717) is 0 Å². The van der Waals surface area contributed by atoms with Crippen LogP contribution in [0.4, 0.5) is 0 Å². The van der Waals surface area contributed by atoms with Crippen molar-refractivity contribution in [2.75, 3.05) is 18.1 Å². The number of rotatable bonds is 4. The molecule has 2 heterocycles. The highest BCUT2D eigenvalue weighted by atomic mass is 32.2. The topological polar surface area (TPSA) is 114 Å². The van der Waals surface area contributed by atoms with Crippen LogP contribution in [-0.4, -0.2) is 60.9 Å². The number of hydrogen-bond donors (Lipinski definition) is 1. The molecular weight excluding hydrogens is 320 g/mol. The first-order valence-corrected chi connectivity index (χ1v) is 9.44. The van der Waals surface area contributed by atoms with Crippen LogP contribution in [0.2, 0.25) is 0 Å². The zero-order chi connectivity index (χ0) is 15.8. The van der Waals surface area contributed by atoms with Crippen molar-refractivity contribution >= 4 is 25.8 Å². The maximum absolute atomic E-state index is 12.5. The number of carboxylic acids is 1. The van der Waals surface area contributed by atoms with Crippen molar-refractivity contribution in [2.24, 2.45) is 7.05 Å². The summed E-state index contributed by atoms with van der Waals surface area (Å²) in [5.74, 6) is -1.99. The van der Waals surface area contributed by atoms with Gasteiger partial charge in [0.05, 0.1) is 22.8 Å². The molecule has 0 aliphatic carbocycles. The van der Waals surface area contributed by atoms with Crippen molar-refractivity contribution in [1.82, 2.24) is 8.87 Å². The quantitative estimate of drug-likeness (QED) is 0.777. The molecule has 1 fully saturated rings. The third kappa shape index (κ3) is 3.44. The van der Waals surface area contributed by atoms with Crippen molar-refractivity contribution in [1.29, 1.82) is 0 Å². The molecule has 1 atom stereocenters. The monoisotopic (exact) mass is 336 g/mol.